The topological polar surface area (TPSA) is 169 Å². The summed E-state index contributed by atoms with van der Waals surface area (Å²) in [4.78, 5) is 30.5. The van der Waals surface area contributed by atoms with E-state index in [2.05, 4.69) is 5.10 Å². The molecule has 0 radical (unpaired) electrons. The van der Waals surface area contributed by atoms with E-state index in [1.165, 1.54) is 6.07 Å². The zero-order valence-corrected chi connectivity index (χ0v) is 11.5. The van der Waals surface area contributed by atoms with E-state index in [0.29, 0.717) is 6.07 Å². The molecule has 1 aromatic heterocycles. The minimum Gasteiger partial charge on any atom is -0.594 e. The number of hydrogen-bond acceptors (Lipinski definition) is 8. The fraction of sp³-hybridized carbons (Fsp3) is 0. The molecule has 0 bridgehead atoms. The predicted octanol–water partition coefficient (Wildman–Crippen LogP) is 1.75. The number of fused-ring (bicyclic) bond motifs is 3. The van der Waals surface area contributed by atoms with Crippen molar-refractivity contribution >= 4 is 38.9 Å². The largest absolute Gasteiger partial charge is 0.594 e. The molecule has 0 unspecified atom stereocenters. The molecule has 0 aliphatic carbocycles. The molecule has 3 aromatic rings. The third-order valence-corrected chi connectivity index (χ3v) is 3.36. The van der Waals surface area contributed by atoms with Gasteiger partial charge in [-0.3, -0.25) is 30.3 Å². The lowest BCUT2D eigenvalue weighted by molar-refractivity contribution is -0.640. The predicted molar refractivity (Wildman–Crippen MR) is 78.2 cm³/mol. The summed E-state index contributed by atoms with van der Waals surface area (Å²) < 4.78 is 0. The Morgan fingerprint density at radius 2 is 1.50 bits per heavy atom. The molecule has 3 rings (SSSR count). The second kappa shape index (κ2) is 5.05. The van der Waals surface area contributed by atoms with Crippen LogP contribution in [-0.2, 0) is 0 Å². The summed E-state index contributed by atoms with van der Waals surface area (Å²) in [6.45, 7) is 0. The fourth-order valence-electron chi connectivity index (χ4n) is 2.32. The van der Waals surface area contributed by atoms with Gasteiger partial charge in [-0.25, -0.2) is 0 Å². The van der Waals surface area contributed by atoms with Crippen LogP contribution in [0, 0.1) is 35.6 Å². The number of hydrogen-bond donors (Lipinski definition) is 0. The van der Waals surface area contributed by atoms with Gasteiger partial charge in [-0.15, -0.1) is 0 Å². The highest BCUT2D eigenvalue weighted by molar-refractivity contribution is 6.06. The molecule has 1 heterocycles. The van der Waals surface area contributed by atoms with Crippen molar-refractivity contribution in [1.82, 2.24) is 5.10 Å². The quantitative estimate of drug-likeness (QED) is 0.229. The minimum absolute atomic E-state index is 0.0174. The Morgan fingerprint density at radius 1 is 0.833 bits per heavy atom. The number of nitro groups is 3. The molecule has 12 nitrogen and oxygen atoms in total. The van der Waals surface area contributed by atoms with Crippen LogP contribution in [0.4, 0.5) is 17.1 Å². The van der Waals surface area contributed by atoms with Crippen LogP contribution < -0.4 is 4.85 Å². The lowest BCUT2D eigenvalue weighted by atomic mass is 10.1. The van der Waals surface area contributed by atoms with E-state index in [0.717, 1.165) is 18.2 Å². The van der Waals surface area contributed by atoms with E-state index in [1.54, 1.807) is 0 Å². The number of nitrogens with zero attached hydrogens (tertiary/aromatic N) is 5. The van der Waals surface area contributed by atoms with Crippen molar-refractivity contribution in [3.63, 3.8) is 0 Å². The lowest BCUT2D eigenvalue weighted by Crippen LogP contribution is -2.32. The Balaban J connectivity index is 2.52. The van der Waals surface area contributed by atoms with E-state index < -0.39 is 26.1 Å². The van der Waals surface area contributed by atoms with E-state index >= 15 is 0 Å². The lowest BCUT2D eigenvalue weighted by Gasteiger charge is -2.04. The Morgan fingerprint density at radius 3 is 2.08 bits per heavy atom. The Labute approximate surface area is 130 Å². The molecule has 0 aliphatic rings. The van der Waals surface area contributed by atoms with Gasteiger partial charge in [0.2, 0.25) is 5.52 Å². The van der Waals surface area contributed by atoms with Crippen LogP contribution in [-0.4, -0.2) is 19.9 Å². The van der Waals surface area contributed by atoms with Gasteiger partial charge in [-0.2, -0.15) is 0 Å². The summed E-state index contributed by atoms with van der Waals surface area (Å²) >= 11 is 0. The molecule has 0 N–H and O–H groups in total. The number of aromatic nitrogens is 2. The monoisotopic (exact) mass is 331 g/mol. The third kappa shape index (κ3) is 2.18. The zero-order chi connectivity index (χ0) is 17.6. The van der Waals surface area contributed by atoms with Gasteiger partial charge in [0, 0.05) is 22.6 Å². The van der Waals surface area contributed by atoms with Crippen molar-refractivity contribution in [2.45, 2.75) is 0 Å². The van der Waals surface area contributed by atoms with Crippen molar-refractivity contribution < 1.29 is 19.6 Å². The Hall–Kier alpha value is -3.96. The highest BCUT2D eigenvalue weighted by atomic mass is 16.6. The highest BCUT2D eigenvalue weighted by Gasteiger charge is 2.26. The highest BCUT2D eigenvalue weighted by Crippen LogP contribution is 2.33. The van der Waals surface area contributed by atoms with Gasteiger partial charge in [0.15, 0.2) is 0 Å². The second-order valence-corrected chi connectivity index (χ2v) is 4.71. The van der Waals surface area contributed by atoms with Crippen LogP contribution in [0.15, 0.2) is 30.3 Å². The summed E-state index contributed by atoms with van der Waals surface area (Å²) in [5.41, 5.74) is -2.22. The average Bonchev–Trinajstić information content (AvgIpc) is 2.53. The van der Waals surface area contributed by atoms with Gasteiger partial charge in [0.1, 0.15) is 0 Å². The molecule has 0 spiro atoms. The number of rotatable bonds is 3. The maximum absolute atomic E-state index is 12.0. The smallest absolute Gasteiger partial charge is 0.308 e. The first-order chi connectivity index (χ1) is 11.3. The van der Waals surface area contributed by atoms with E-state index in [1.807, 2.05) is 0 Å². The van der Waals surface area contributed by atoms with Crippen LogP contribution in [0.25, 0.3) is 21.8 Å². The molecule has 24 heavy (non-hydrogen) atoms. The Bertz CT molecular complexity index is 1060. The first-order valence-electron chi connectivity index (χ1n) is 6.24. The van der Waals surface area contributed by atoms with E-state index in [4.69, 9.17) is 0 Å². The van der Waals surface area contributed by atoms with Crippen molar-refractivity contribution in [2.75, 3.05) is 0 Å². The minimum atomic E-state index is -0.889. The summed E-state index contributed by atoms with van der Waals surface area (Å²) in [5, 5.41) is 48.4. The Kier molecular flexibility index (Phi) is 3.14. The van der Waals surface area contributed by atoms with E-state index in [9.17, 15) is 35.6 Å². The molecule has 0 atom stereocenters. The molecular weight excluding hydrogens is 326 g/mol. The van der Waals surface area contributed by atoms with Gasteiger partial charge in [0.05, 0.1) is 32.3 Å². The SMILES string of the molecule is O=[N+]([O-])c1cc([N+](=O)[O-])c2n[n+]([O-])c3cc([N+](=O)[O-])ccc3c2c1. The maximum Gasteiger partial charge on any atom is 0.308 e. The van der Waals surface area contributed by atoms with Gasteiger partial charge >= 0.3 is 5.69 Å². The van der Waals surface area contributed by atoms with Crippen molar-refractivity contribution in [2.24, 2.45) is 0 Å². The molecule has 2 aromatic carbocycles. The van der Waals surface area contributed by atoms with Crippen molar-refractivity contribution in [3.8, 4) is 0 Å². The molecule has 0 amide bonds. The number of non-ortho nitro benzene ring substituents is 3. The molecule has 0 fully saturated rings. The number of nitro benzene ring substituents is 3. The van der Waals surface area contributed by atoms with Crippen molar-refractivity contribution in [1.29, 1.82) is 0 Å². The third-order valence-electron chi connectivity index (χ3n) is 3.36. The number of benzene rings is 2. The second-order valence-electron chi connectivity index (χ2n) is 4.71. The van der Waals surface area contributed by atoms with Crippen LogP contribution in [0.5, 0.6) is 0 Å². The van der Waals surface area contributed by atoms with Crippen LogP contribution in [0.1, 0.15) is 0 Å². The normalized spacial score (nSPS) is 10.8. The fourth-order valence-corrected chi connectivity index (χ4v) is 2.32. The zero-order valence-electron chi connectivity index (χ0n) is 11.5. The van der Waals surface area contributed by atoms with Crippen molar-refractivity contribution in [3.05, 3.63) is 65.9 Å². The van der Waals surface area contributed by atoms with Crippen LogP contribution >= 0.6 is 0 Å². The molecule has 12 heteroatoms. The standard InChI is InChI=1S/C12H5N5O7/c18-14-10-4-6(15(19)20)1-2-8(10)9-3-7(16(21)22)5-11(17(23)24)12(9)13-14/h1-5H. The first-order valence-corrected chi connectivity index (χ1v) is 6.24. The molecule has 0 aliphatic heterocycles. The first kappa shape index (κ1) is 15.0. The summed E-state index contributed by atoms with van der Waals surface area (Å²) in [7, 11) is 0. The summed E-state index contributed by atoms with van der Waals surface area (Å²) in [6, 6.07) is 4.96. The van der Waals surface area contributed by atoms with Crippen LogP contribution in [0.3, 0.4) is 0 Å². The van der Waals surface area contributed by atoms with E-state index in [-0.39, 0.29) is 32.3 Å². The molecule has 0 saturated carbocycles. The molecule has 0 saturated heterocycles. The molecular formula is C12H5N5O7. The summed E-state index contributed by atoms with van der Waals surface area (Å²) in [6.07, 6.45) is 0. The summed E-state index contributed by atoms with van der Waals surface area (Å²) in [5.74, 6) is 0. The van der Waals surface area contributed by atoms with Gasteiger partial charge < -0.3 is 5.21 Å². The van der Waals surface area contributed by atoms with Crippen LogP contribution in [0.2, 0.25) is 0 Å². The van der Waals surface area contributed by atoms with Gasteiger partial charge in [0.25, 0.3) is 16.9 Å². The average molecular weight is 331 g/mol. The van der Waals surface area contributed by atoms with Gasteiger partial charge in [-0.05, 0) is 10.9 Å². The maximum atomic E-state index is 12.0. The molecule has 120 valence electrons. The van der Waals surface area contributed by atoms with Gasteiger partial charge in [-0.1, -0.05) is 0 Å².